The second-order valence-corrected chi connectivity index (χ2v) is 5.53. The molecular formula is C12H21N. The van der Waals surface area contributed by atoms with E-state index in [4.69, 9.17) is 4.99 Å². The summed E-state index contributed by atoms with van der Waals surface area (Å²) >= 11 is 0. The molecule has 0 bridgehead atoms. The molecule has 1 heterocycles. The van der Waals surface area contributed by atoms with Crippen LogP contribution in [0.5, 0.6) is 0 Å². The lowest BCUT2D eigenvalue weighted by atomic mass is 9.68. The van der Waals surface area contributed by atoms with Gasteiger partial charge in [-0.25, -0.2) is 0 Å². The van der Waals surface area contributed by atoms with Crippen LogP contribution in [0.3, 0.4) is 0 Å². The number of hydrogen-bond acceptors (Lipinski definition) is 1. The third kappa shape index (κ3) is 1.53. The zero-order valence-corrected chi connectivity index (χ0v) is 9.19. The van der Waals surface area contributed by atoms with Crippen LogP contribution in [-0.4, -0.2) is 11.3 Å². The van der Waals surface area contributed by atoms with E-state index in [2.05, 4.69) is 20.8 Å². The Morgan fingerprint density at radius 3 is 2.15 bits per heavy atom. The van der Waals surface area contributed by atoms with Gasteiger partial charge in [-0.3, -0.25) is 4.99 Å². The third-order valence-corrected chi connectivity index (χ3v) is 3.82. The van der Waals surface area contributed by atoms with Gasteiger partial charge in [0, 0.05) is 11.1 Å². The minimum atomic E-state index is 0.224. The summed E-state index contributed by atoms with van der Waals surface area (Å²) in [6.45, 7) is 6.81. The highest BCUT2D eigenvalue weighted by molar-refractivity contribution is 5.90. The van der Waals surface area contributed by atoms with Crippen LogP contribution in [0.2, 0.25) is 0 Å². The molecule has 1 fully saturated rings. The highest BCUT2D eigenvalue weighted by Gasteiger charge is 2.44. The van der Waals surface area contributed by atoms with Crippen molar-refractivity contribution in [1.82, 2.24) is 0 Å². The van der Waals surface area contributed by atoms with Crippen LogP contribution in [0.15, 0.2) is 4.99 Å². The van der Waals surface area contributed by atoms with Crippen LogP contribution in [0.1, 0.15) is 59.3 Å². The van der Waals surface area contributed by atoms with Gasteiger partial charge >= 0.3 is 0 Å². The Morgan fingerprint density at radius 2 is 1.69 bits per heavy atom. The van der Waals surface area contributed by atoms with Gasteiger partial charge in [0.25, 0.3) is 0 Å². The minimum Gasteiger partial charge on any atom is -0.288 e. The summed E-state index contributed by atoms with van der Waals surface area (Å²) < 4.78 is 0. The first kappa shape index (κ1) is 9.23. The van der Waals surface area contributed by atoms with E-state index in [1.165, 1.54) is 44.2 Å². The van der Waals surface area contributed by atoms with Crippen LogP contribution in [0.25, 0.3) is 0 Å². The van der Waals surface area contributed by atoms with E-state index < -0.39 is 0 Å². The van der Waals surface area contributed by atoms with Crippen LogP contribution in [0.4, 0.5) is 0 Å². The zero-order valence-electron chi connectivity index (χ0n) is 9.19. The molecule has 0 aromatic rings. The van der Waals surface area contributed by atoms with Crippen molar-refractivity contribution < 1.29 is 0 Å². The Hall–Kier alpha value is -0.330. The topological polar surface area (TPSA) is 12.4 Å². The summed E-state index contributed by atoms with van der Waals surface area (Å²) in [6.07, 6.45) is 8.37. The van der Waals surface area contributed by atoms with E-state index in [1.807, 2.05) is 0 Å². The van der Waals surface area contributed by atoms with Crippen molar-refractivity contribution in [2.75, 3.05) is 0 Å². The fourth-order valence-corrected chi connectivity index (χ4v) is 3.34. The van der Waals surface area contributed by atoms with Gasteiger partial charge in [0.1, 0.15) is 0 Å². The van der Waals surface area contributed by atoms with Crippen LogP contribution in [0, 0.1) is 5.41 Å². The van der Waals surface area contributed by atoms with Crippen molar-refractivity contribution in [2.24, 2.45) is 10.4 Å². The van der Waals surface area contributed by atoms with E-state index in [0.29, 0.717) is 5.41 Å². The van der Waals surface area contributed by atoms with E-state index >= 15 is 0 Å². The molecule has 0 radical (unpaired) electrons. The molecule has 0 N–H and O–H groups in total. The Balaban J connectivity index is 2.21. The lowest BCUT2D eigenvalue weighted by Gasteiger charge is -2.35. The van der Waals surface area contributed by atoms with Crippen molar-refractivity contribution in [3.05, 3.63) is 0 Å². The molecule has 1 spiro atoms. The van der Waals surface area contributed by atoms with Crippen LogP contribution in [-0.2, 0) is 0 Å². The molecule has 0 saturated heterocycles. The number of nitrogens with zero attached hydrogens (tertiary/aromatic N) is 1. The van der Waals surface area contributed by atoms with Crippen molar-refractivity contribution >= 4 is 5.71 Å². The molecule has 1 heteroatoms. The molecule has 0 unspecified atom stereocenters. The summed E-state index contributed by atoms with van der Waals surface area (Å²) in [6, 6.07) is 0. The molecule has 1 aliphatic heterocycles. The number of aliphatic imine (C=N–C) groups is 1. The normalized spacial score (nSPS) is 30.5. The van der Waals surface area contributed by atoms with E-state index in [1.54, 1.807) is 0 Å². The van der Waals surface area contributed by atoms with Crippen molar-refractivity contribution in [1.29, 1.82) is 0 Å². The minimum absolute atomic E-state index is 0.224. The molecule has 0 aromatic heterocycles. The smallest absolute Gasteiger partial charge is 0.0560 e. The molecule has 2 rings (SSSR count). The maximum absolute atomic E-state index is 4.81. The highest BCUT2D eigenvalue weighted by atomic mass is 14.9. The lowest BCUT2D eigenvalue weighted by molar-refractivity contribution is 0.245. The Bertz CT molecular complexity index is 232. The summed E-state index contributed by atoms with van der Waals surface area (Å²) in [7, 11) is 0. The fraction of sp³-hybridized carbons (Fsp3) is 0.917. The number of rotatable bonds is 0. The quantitative estimate of drug-likeness (QED) is 0.539. The lowest BCUT2D eigenvalue weighted by Crippen LogP contribution is -2.30. The first-order chi connectivity index (χ1) is 6.04. The zero-order chi connectivity index (χ0) is 9.53. The van der Waals surface area contributed by atoms with Crippen LogP contribution < -0.4 is 0 Å². The van der Waals surface area contributed by atoms with Crippen LogP contribution >= 0.6 is 0 Å². The van der Waals surface area contributed by atoms with Crippen molar-refractivity contribution in [3.63, 3.8) is 0 Å². The Labute approximate surface area is 81.6 Å². The maximum atomic E-state index is 4.81. The summed E-state index contributed by atoms with van der Waals surface area (Å²) in [4.78, 5) is 4.81. The second kappa shape index (κ2) is 2.83. The third-order valence-electron chi connectivity index (χ3n) is 3.82. The highest BCUT2D eigenvalue weighted by Crippen LogP contribution is 2.48. The molecule has 0 aromatic carbocycles. The molecular weight excluding hydrogens is 158 g/mol. The largest absolute Gasteiger partial charge is 0.288 e. The molecule has 1 saturated carbocycles. The van der Waals surface area contributed by atoms with Crippen molar-refractivity contribution in [3.8, 4) is 0 Å². The van der Waals surface area contributed by atoms with Crippen molar-refractivity contribution in [2.45, 2.75) is 64.8 Å². The first-order valence-corrected chi connectivity index (χ1v) is 5.61. The molecule has 1 aliphatic carbocycles. The average Bonchev–Trinajstić information content (AvgIpc) is 2.23. The second-order valence-electron chi connectivity index (χ2n) is 5.53. The van der Waals surface area contributed by atoms with Gasteiger partial charge in [-0.2, -0.15) is 0 Å². The number of hydrogen-bond donors (Lipinski definition) is 0. The van der Waals surface area contributed by atoms with Gasteiger partial charge in [-0.15, -0.1) is 0 Å². The molecule has 74 valence electrons. The van der Waals surface area contributed by atoms with Gasteiger partial charge in [0.2, 0.25) is 0 Å². The summed E-state index contributed by atoms with van der Waals surface area (Å²) in [5, 5.41) is 0. The van der Waals surface area contributed by atoms with Gasteiger partial charge in [-0.05, 0) is 40.0 Å². The molecule has 1 nitrogen and oxygen atoms in total. The average molecular weight is 179 g/mol. The van der Waals surface area contributed by atoms with Gasteiger partial charge in [0.15, 0.2) is 0 Å². The van der Waals surface area contributed by atoms with Gasteiger partial charge < -0.3 is 0 Å². The summed E-state index contributed by atoms with van der Waals surface area (Å²) in [5.74, 6) is 0. The van der Waals surface area contributed by atoms with E-state index in [9.17, 15) is 0 Å². The Morgan fingerprint density at radius 1 is 1.08 bits per heavy atom. The van der Waals surface area contributed by atoms with Gasteiger partial charge in [0.05, 0.1) is 5.54 Å². The van der Waals surface area contributed by atoms with Gasteiger partial charge in [-0.1, -0.05) is 19.3 Å². The molecule has 13 heavy (non-hydrogen) atoms. The SMILES string of the molecule is CC1=NC(C)(C)CC12CCCCC2. The molecule has 0 atom stereocenters. The summed E-state index contributed by atoms with van der Waals surface area (Å²) in [5.41, 5.74) is 2.18. The first-order valence-electron chi connectivity index (χ1n) is 5.61. The maximum Gasteiger partial charge on any atom is 0.0560 e. The molecule has 0 amide bonds. The molecule has 2 aliphatic rings. The van der Waals surface area contributed by atoms with E-state index in [-0.39, 0.29) is 5.54 Å². The van der Waals surface area contributed by atoms with E-state index in [0.717, 1.165) is 0 Å². The predicted molar refractivity (Wildman–Crippen MR) is 57.3 cm³/mol. The Kier molecular flexibility index (Phi) is 2.01. The fourth-order valence-electron chi connectivity index (χ4n) is 3.34. The predicted octanol–water partition coefficient (Wildman–Crippen LogP) is 3.58. The standard InChI is InChI=1S/C12H21N/c1-10-12(7-5-4-6-8-12)9-11(2,3)13-10/h4-9H2,1-3H3. The monoisotopic (exact) mass is 179 g/mol.